The number of hydrogen-bond acceptors (Lipinski definition) is 1. The molecule has 0 aromatic carbocycles. The smallest absolute Gasteiger partial charge is 0.307 e. The fourth-order valence-electron chi connectivity index (χ4n) is 2.40. The molecule has 2 fully saturated rings. The highest BCUT2D eigenvalue weighted by Gasteiger charge is 2.64. The summed E-state index contributed by atoms with van der Waals surface area (Å²) in [6.45, 7) is 4.34. The molecule has 62 valence electrons. The van der Waals surface area contributed by atoms with Crippen molar-refractivity contribution in [3.63, 3.8) is 0 Å². The zero-order valence-electron chi connectivity index (χ0n) is 7.00. The molecule has 4 atom stereocenters. The van der Waals surface area contributed by atoms with Gasteiger partial charge in [-0.3, -0.25) is 4.79 Å². The number of carboxylic acid groups (broad SMARTS) is 1. The Labute approximate surface area is 66.6 Å². The molecule has 0 bridgehead atoms. The van der Waals surface area contributed by atoms with Gasteiger partial charge >= 0.3 is 5.97 Å². The first kappa shape index (κ1) is 7.14. The molecule has 0 aromatic heterocycles. The average molecular weight is 154 g/mol. The Morgan fingerprint density at radius 1 is 1.64 bits per heavy atom. The summed E-state index contributed by atoms with van der Waals surface area (Å²) in [6.07, 6.45) is 2.16. The first-order valence-corrected chi connectivity index (χ1v) is 4.28. The van der Waals surface area contributed by atoms with Gasteiger partial charge in [0.05, 0.1) is 5.92 Å². The Morgan fingerprint density at radius 2 is 2.18 bits per heavy atom. The monoisotopic (exact) mass is 154 g/mol. The summed E-state index contributed by atoms with van der Waals surface area (Å²) in [7, 11) is 0. The third-order valence-corrected chi connectivity index (χ3v) is 3.53. The quantitative estimate of drug-likeness (QED) is 0.658. The van der Waals surface area contributed by atoms with E-state index < -0.39 is 5.97 Å². The molecular formula is C9H14O2. The van der Waals surface area contributed by atoms with E-state index in [1.807, 2.05) is 0 Å². The van der Waals surface area contributed by atoms with Gasteiger partial charge in [-0.2, -0.15) is 0 Å². The van der Waals surface area contributed by atoms with Crippen molar-refractivity contribution in [2.24, 2.45) is 23.2 Å². The van der Waals surface area contributed by atoms with Crippen molar-refractivity contribution in [2.75, 3.05) is 0 Å². The van der Waals surface area contributed by atoms with Crippen molar-refractivity contribution in [2.45, 2.75) is 26.7 Å². The van der Waals surface area contributed by atoms with E-state index >= 15 is 0 Å². The second-order valence-corrected chi connectivity index (χ2v) is 4.42. The number of carboxylic acids is 1. The van der Waals surface area contributed by atoms with Gasteiger partial charge in [-0.25, -0.2) is 0 Å². The summed E-state index contributed by atoms with van der Waals surface area (Å²) in [5, 5.41) is 8.75. The third-order valence-electron chi connectivity index (χ3n) is 3.53. The Hall–Kier alpha value is -0.530. The van der Waals surface area contributed by atoms with Crippen LogP contribution >= 0.6 is 0 Å². The fourth-order valence-corrected chi connectivity index (χ4v) is 2.40. The number of rotatable bonds is 2. The minimum atomic E-state index is -0.591. The van der Waals surface area contributed by atoms with Crippen LogP contribution in [0.2, 0.25) is 0 Å². The molecule has 11 heavy (non-hydrogen) atoms. The highest BCUT2D eigenvalue weighted by atomic mass is 16.4. The lowest BCUT2D eigenvalue weighted by atomic mass is 9.98. The maximum atomic E-state index is 10.6. The van der Waals surface area contributed by atoms with Crippen LogP contribution in [0.4, 0.5) is 0 Å². The molecule has 0 heterocycles. The SMILES string of the molecule is CC1CC1C1(C)CC1C(=O)O. The van der Waals surface area contributed by atoms with E-state index in [1.54, 1.807) is 0 Å². The number of hydrogen-bond donors (Lipinski definition) is 1. The standard InChI is InChI=1S/C9H14O2/c1-5-3-6(5)9(2)4-7(9)8(10)11/h5-7H,3-4H2,1-2H3,(H,10,11). The normalized spacial score (nSPS) is 53.8. The van der Waals surface area contributed by atoms with E-state index in [2.05, 4.69) is 13.8 Å². The molecule has 2 nitrogen and oxygen atoms in total. The van der Waals surface area contributed by atoms with Crippen LogP contribution in [0.1, 0.15) is 26.7 Å². The lowest BCUT2D eigenvalue weighted by Crippen LogP contribution is -2.09. The van der Waals surface area contributed by atoms with Crippen molar-refractivity contribution < 1.29 is 9.90 Å². The van der Waals surface area contributed by atoms with Crippen molar-refractivity contribution in [3.05, 3.63) is 0 Å². The Balaban J connectivity index is 2.01. The topological polar surface area (TPSA) is 37.3 Å². The zero-order chi connectivity index (χ0) is 8.22. The summed E-state index contributed by atoms with van der Waals surface area (Å²) in [6, 6.07) is 0. The van der Waals surface area contributed by atoms with Gasteiger partial charge in [-0.05, 0) is 30.1 Å². The molecule has 0 spiro atoms. The van der Waals surface area contributed by atoms with E-state index in [-0.39, 0.29) is 11.3 Å². The summed E-state index contributed by atoms with van der Waals surface area (Å²) in [5.74, 6) is 0.872. The molecule has 2 aliphatic carbocycles. The fraction of sp³-hybridized carbons (Fsp3) is 0.889. The van der Waals surface area contributed by atoms with E-state index in [0.717, 1.165) is 12.3 Å². The van der Waals surface area contributed by atoms with E-state index in [9.17, 15) is 4.79 Å². The van der Waals surface area contributed by atoms with Crippen molar-refractivity contribution >= 4 is 5.97 Å². The van der Waals surface area contributed by atoms with Crippen LogP contribution < -0.4 is 0 Å². The van der Waals surface area contributed by atoms with Crippen molar-refractivity contribution in [1.82, 2.24) is 0 Å². The highest BCUT2D eigenvalue weighted by Crippen LogP contribution is 2.67. The Morgan fingerprint density at radius 3 is 2.45 bits per heavy atom. The van der Waals surface area contributed by atoms with Crippen molar-refractivity contribution in [3.8, 4) is 0 Å². The van der Waals surface area contributed by atoms with Gasteiger partial charge in [0, 0.05) is 0 Å². The molecule has 0 aromatic rings. The van der Waals surface area contributed by atoms with Gasteiger partial charge in [-0.1, -0.05) is 13.8 Å². The van der Waals surface area contributed by atoms with Crippen LogP contribution in [-0.2, 0) is 4.79 Å². The lowest BCUT2D eigenvalue weighted by Gasteiger charge is -2.06. The minimum Gasteiger partial charge on any atom is -0.481 e. The van der Waals surface area contributed by atoms with Crippen LogP contribution in [0, 0.1) is 23.2 Å². The maximum Gasteiger partial charge on any atom is 0.307 e. The summed E-state index contributed by atoms with van der Waals surface area (Å²) >= 11 is 0. The summed E-state index contributed by atoms with van der Waals surface area (Å²) in [5.41, 5.74) is 0.172. The third kappa shape index (κ3) is 0.883. The van der Waals surface area contributed by atoms with Gasteiger partial charge in [0.1, 0.15) is 0 Å². The molecule has 2 aliphatic rings. The van der Waals surface area contributed by atoms with Gasteiger partial charge in [-0.15, -0.1) is 0 Å². The molecule has 4 unspecified atom stereocenters. The molecule has 2 rings (SSSR count). The molecule has 0 amide bonds. The molecule has 0 aliphatic heterocycles. The Bertz CT molecular complexity index is 212. The van der Waals surface area contributed by atoms with Gasteiger partial charge in [0.25, 0.3) is 0 Å². The van der Waals surface area contributed by atoms with E-state index in [4.69, 9.17) is 5.11 Å². The second-order valence-electron chi connectivity index (χ2n) is 4.42. The molecular weight excluding hydrogens is 140 g/mol. The van der Waals surface area contributed by atoms with Crippen LogP contribution in [0.15, 0.2) is 0 Å². The van der Waals surface area contributed by atoms with E-state index in [0.29, 0.717) is 5.92 Å². The summed E-state index contributed by atoms with van der Waals surface area (Å²) in [4.78, 5) is 10.6. The predicted molar refractivity (Wildman–Crippen MR) is 41.1 cm³/mol. The average Bonchev–Trinajstić information content (AvgIpc) is 2.70. The predicted octanol–water partition coefficient (Wildman–Crippen LogP) is 1.75. The van der Waals surface area contributed by atoms with E-state index in [1.165, 1.54) is 6.42 Å². The van der Waals surface area contributed by atoms with Gasteiger partial charge in [0.15, 0.2) is 0 Å². The molecule has 1 N–H and O–H groups in total. The second kappa shape index (κ2) is 1.79. The lowest BCUT2D eigenvalue weighted by molar-refractivity contribution is -0.139. The van der Waals surface area contributed by atoms with Gasteiger partial charge in [0.2, 0.25) is 0 Å². The summed E-state index contributed by atoms with van der Waals surface area (Å²) < 4.78 is 0. The molecule has 0 saturated heterocycles. The maximum absolute atomic E-state index is 10.6. The van der Waals surface area contributed by atoms with Crippen LogP contribution in [0.5, 0.6) is 0 Å². The van der Waals surface area contributed by atoms with Crippen LogP contribution in [-0.4, -0.2) is 11.1 Å². The molecule has 0 radical (unpaired) electrons. The van der Waals surface area contributed by atoms with Crippen LogP contribution in [0.3, 0.4) is 0 Å². The minimum absolute atomic E-state index is 0.0301. The molecule has 2 saturated carbocycles. The first-order valence-electron chi connectivity index (χ1n) is 4.28. The highest BCUT2D eigenvalue weighted by molar-refractivity contribution is 5.74. The number of aliphatic carboxylic acids is 1. The first-order chi connectivity index (χ1) is 5.05. The zero-order valence-corrected chi connectivity index (χ0v) is 7.00. The van der Waals surface area contributed by atoms with Crippen LogP contribution in [0.25, 0.3) is 0 Å². The van der Waals surface area contributed by atoms with Gasteiger partial charge < -0.3 is 5.11 Å². The Kier molecular flexibility index (Phi) is 1.16. The molecule has 2 heteroatoms. The van der Waals surface area contributed by atoms with Crippen molar-refractivity contribution in [1.29, 1.82) is 0 Å². The number of carbonyl (C=O) groups is 1. The largest absolute Gasteiger partial charge is 0.481 e.